The van der Waals surface area contributed by atoms with Gasteiger partial charge in [0.25, 0.3) is 0 Å². The summed E-state index contributed by atoms with van der Waals surface area (Å²) in [5.74, 6) is 1.78. The van der Waals surface area contributed by atoms with Gasteiger partial charge in [0, 0.05) is 19.3 Å². The molecule has 0 aliphatic rings. The summed E-state index contributed by atoms with van der Waals surface area (Å²) in [7, 11) is 1.80. The minimum Gasteiger partial charge on any atom is -0.383 e. The van der Waals surface area contributed by atoms with Gasteiger partial charge in [-0.25, -0.2) is 9.97 Å². The van der Waals surface area contributed by atoms with E-state index in [9.17, 15) is 0 Å². The highest BCUT2D eigenvalue weighted by molar-refractivity contribution is 7.98. The third-order valence-electron chi connectivity index (χ3n) is 1.65. The van der Waals surface area contributed by atoms with Crippen LogP contribution in [0.4, 0.5) is 11.5 Å². The molecule has 0 amide bonds. The first-order valence-electron chi connectivity index (χ1n) is 4.20. The van der Waals surface area contributed by atoms with Gasteiger partial charge in [-0.1, -0.05) is 11.6 Å². The van der Waals surface area contributed by atoms with Gasteiger partial charge in [-0.15, -0.1) is 0 Å². The Kier molecular flexibility index (Phi) is 4.82. The van der Waals surface area contributed by atoms with E-state index in [1.165, 1.54) is 6.33 Å². The van der Waals surface area contributed by atoms with Crippen LogP contribution in [-0.2, 0) is 0 Å². The van der Waals surface area contributed by atoms with Crippen LogP contribution in [0.5, 0.6) is 0 Å². The SMILES string of the molecule is CNc1c(Cl)ncnc1NCCSC. The smallest absolute Gasteiger partial charge is 0.157 e. The molecule has 0 fully saturated rings. The van der Waals surface area contributed by atoms with E-state index in [0.29, 0.717) is 5.15 Å². The Hall–Kier alpha value is -0.680. The van der Waals surface area contributed by atoms with Crippen LogP contribution in [0.2, 0.25) is 5.15 Å². The average molecular weight is 233 g/mol. The van der Waals surface area contributed by atoms with Crippen LogP contribution >= 0.6 is 23.4 Å². The second kappa shape index (κ2) is 5.93. The van der Waals surface area contributed by atoms with E-state index < -0.39 is 0 Å². The van der Waals surface area contributed by atoms with Crippen LogP contribution < -0.4 is 10.6 Å². The second-order valence-corrected chi connectivity index (χ2v) is 3.90. The van der Waals surface area contributed by atoms with Gasteiger partial charge in [-0.05, 0) is 6.26 Å². The molecule has 0 saturated carbocycles. The maximum atomic E-state index is 5.88. The Balaban J connectivity index is 2.70. The molecule has 1 aromatic rings. The number of thioether (sulfide) groups is 1. The Morgan fingerprint density at radius 1 is 1.50 bits per heavy atom. The Bertz CT molecular complexity index is 295. The average Bonchev–Trinajstić information content (AvgIpc) is 2.18. The predicted octanol–water partition coefficient (Wildman–Crippen LogP) is 1.95. The molecule has 14 heavy (non-hydrogen) atoms. The molecule has 2 N–H and O–H groups in total. The van der Waals surface area contributed by atoms with Gasteiger partial charge < -0.3 is 10.6 Å². The number of rotatable bonds is 5. The highest BCUT2D eigenvalue weighted by Gasteiger charge is 2.06. The molecule has 0 atom stereocenters. The van der Waals surface area contributed by atoms with Gasteiger partial charge in [0.2, 0.25) is 0 Å². The molecule has 0 aromatic carbocycles. The summed E-state index contributed by atoms with van der Waals surface area (Å²) in [5, 5.41) is 6.59. The zero-order valence-corrected chi connectivity index (χ0v) is 9.74. The van der Waals surface area contributed by atoms with Gasteiger partial charge >= 0.3 is 0 Å². The van der Waals surface area contributed by atoms with E-state index >= 15 is 0 Å². The first-order valence-corrected chi connectivity index (χ1v) is 5.97. The number of nitrogens with one attached hydrogen (secondary N) is 2. The molecule has 0 aliphatic carbocycles. The first-order chi connectivity index (χ1) is 6.79. The molecule has 78 valence electrons. The van der Waals surface area contributed by atoms with E-state index in [0.717, 1.165) is 23.8 Å². The number of halogens is 1. The quantitative estimate of drug-likeness (QED) is 0.600. The standard InChI is InChI=1S/C8H13ClN4S/c1-10-6-7(9)12-5-13-8(6)11-3-4-14-2/h5,10H,3-4H2,1-2H3,(H,11,12,13). The third-order valence-corrected chi connectivity index (χ3v) is 2.55. The molecule has 0 radical (unpaired) electrons. The van der Waals surface area contributed by atoms with Crippen LogP contribution in [0.25, 0.3) is 0 Å². The van der Waals surface area contributed by atoms with Crippen LogP contribution in [0.15, 0.2) is 6.33 Å². The minimum absolute atomic E-state index is 0.439. The Morgan fingerprint density at radius 2 is 2.29 bits per heavy atom. The molecule has 0 saturated heterocycles. The fraction of sp³-hybridized carbons (Fsp3) is 0.500. The van der Waals surface area contributed by atoms with Crippen LogP contribution in [0.1, 0.15) is 0 Å². The number of aromatic nitrogens is 2. The van der Waals surface area contributed by atoms with Crippen molar-refractivity contribution in [2.45, 2.75) is 0 Å². The van der Waals surface area contributed by atoms with E-state index in [1.54, 1.807) is 18.8 Å². The molecule has 0 aliphatic heterocycles. The summed E-state index contributed by atoms with van der Waals surface area (Å²) in [5.41, 5.74) is 0.746. The first kappa shape index (κ1) is 11.4. The lowest BCUT2D eigenvalue weighted by atomic mass is 10.4. The summed E-state index contributed by atoms with van der Waals surface area (Å²) >= 11 is 7.66. The van der Waals surface area contributed by atoms with Crippen molar-refractivity contribution in [3.8, 4) is 0 Å². The van der Waals surface area contributed by atoms with Crippen molar-refractivity contribution in [3.63, 3.8) is 0 Å². The Morgan fingerprint density at radius 3 is 2.93 bits per heavy atom. The molecular formula is C8H13ClN4S. The number of hydrogen-bond acceptors (Lipinski definition) is 5. The fourth-order valence-corrected chi connectivity index (χ4v) is 1.52. The van der Waals surface area contributed by atoms with Crippen molar-refractivity contribution in [1.29, 1.82) is 0 Å². The maximum absolute atomic E-state index is 5.88. The summed E-state index contributed by atoms with van der Waals surface area (Å²) < 4.78 is 0. The molecule has 0 spiro atoms. The van der Waals surface area contributed by atoms with Crippen molar-refractivity contribution >= 4 is 34.9 Å². The monoisotopic (exact) mass is 232 g/mol. The minimum atomic E-state index is 0.439. The fourth-order valence-electron chi connectivity index (χ4n) is 0.991. The lowest BCUT2D eigenvalue weighted by Crippen LogP contribution is -2.08. The molecule has 1 aromatic heterocycles. The highest BCUT2D eigenvalue weighted by Crippen LogP contribution is 2.24. The zero-order chi connectivity index (χ0) is 10.4. The lowest BCUT2D eigenvalue weighted by molar-refractivity contribution is 1.11. The summed E-state index contributed by atoms with van der Waals surface area (Å²) in [6, 6.07) is 0. The number of nitrogens with zero attached hydrogens (tertiary/aromatic N) is 2. The van der Waals surface area contributed by atoms with Gasteiger partial charge in [0.1, 0.15) is 12.0 Å². The maximum Gasteiger partial charge on any atom is 0.157 e. The molecular weight excluding hydrogens is 220 g/mol. The van der Waals surface area contributed by atoms with E-state index in [1.807, 2.05) is 0 Å². The van der Waals surface area contributed by atoms with Crippen LogP contribution in [0, 0.1) is 0 Å². The summed E-state index contributed by atoms with van der Waals surface area (Å²) in [4.78, 5) is 7.99. The Labute approximate surface area is 92.9 Å². The van der Waals surface area contributed by atoms with Crippen molar-refractivity contribution < 1.29 is 0 Å². The molecule has 1 heterocycles. The lowest BCUT2D eigenvalue weighted by Gasteiger charge is -2.10. The van der Waals surface area contributed by atoms with Crippen molar-refractivity contribution in [1.82, 2.24) is 9.97 Å². The second-order valence-electron chi connectivity index (χ2n) is 2.56. The topological polar surface area (TPSA) is 49.8 Å². The summed E-state index contributed by atoms with van der Waals surface area (Å²) in [6.07, 6.45) is 3.51. The largest absolute Gasteiger partial charge is 0.383 e. The van der Waals surface area contributed by atoms with Crippen LogP contribution in [-0.4, -0.2) is 35.6 Å². The molecule has 1 rings (SSSR count). The van der Waals surface area contributed by atoms with Gasteiger partial charge in [0.05, 0.1) is 0 Å². The van der Waals surface area contributed by atoms with Crippen LogP contribution in [0.3, 0.4) is 0 Å². The zero-order valence-electron chi connectivity index (χ0n) is 8.17. The molecule has 0 bridgehead atoms. The molecule has 4 nitrogen and oxygen atoms in total. The third kappa shape index (κ3) is 2.92. The summed E-state index contributed by atoms with van der Waals surface area (Å²) in [6.45, 7) is 0.864. The molecule has 0 unspecified atom stereocenters. The van der Waals surface area contributed by atoms with Crippen molar-refractivity contribution in [2.75, 3.05) is 36.2 Å². The van der Waals surface area contributed by atoms with Gasteiger partial charge in [-0.3, -0.25) is 0 Å². The van der Waals surface area contributed by atoms with E-state index in [-0.39, 0.29) is 0 Å². The van der Waals surface area contributed by atoms with Gasteiger partial charge in [0.15, 0.2) is 11.0 Å². The number of anilines is 2. The normalized spacial score (nSPS) is 9.93. The van der Waals surface area contributed by atoms with Crippen molar-refractivity contribution in [3.05, 3.63) is 11.5 Å². The van der Waals surface area contributed by atoms with Gasteiger partial charge in [-0.2, -0.15) is 11.8 Å². The van der Waals surface area contributed by atoms with E-state index in [4.69, 9.17) is 11.6 Å². The predicted molar refractivity (Wildman–Crippen MR) is 63.5 cm³/mol. The number of hydrogen-bond donors (Lipinski definition) is 2. The highest BCUT2D eigenvalue weighted by atomic mass is 35.5. The molecule has 6 heteroatoms. The van der Waals surface area contributed by atoms with E-state index in [2.05, 4.69) is 26.9 Å². The van der Waals surface area contributed by atoms with Crippen molar-refractivity contribution in [2.24, 2.45) is 0 Å².